The Morgan fingerprint density at radius 2 is 1.59 bits per heavy atom. The number of carbonyl (C=O) groups is 1. The number of aromatic nitrogens is 1. The molecular weight excluding hydrogens is 474 g/mol. The van der Waals surface area contributed by atoms with Crippen LogP contribution >= 0.6 is 0 Å². The van der Waals surface area contributed by atoms with Crippen LogP contribution < -0.4 is 9.62 Å². The molecule has 178 valence electrons. The summed E-state index contributed by atoms with van der Waals surface area (Å²) in [6, 6.07) is 17.6. The standard InChI is InChI=1S/C24H25N3O5S2/c1-27(24(28)15-8-19-6-11-22(12-7-19)33(2,29)30)21-9-13-23(14-10-21)34(31,32)26-18-16-20-5-3-4-17-25-20/h3-15,17,26H,16,18H2,1-2H3/b15-8+. The first kappa shape index (κ1) is 25.3. The van der Waals surface area contributed by atoms with E-state index in [1.165, 1.54) is 35.2 Å². The molecule has 10 heteroatoms. The predicted molar refractivity (Wildman–Crippen MR) is 132 cm³/mol. The minimum atomic E-state index is -3.69. The van der Waals surface area contributed by atoms with Gasteiger partial charge in [0.05, 0.1) is 9.79 Å². The smallest absolute Gasteiger partial charge is 0.250 e. The summed E-state index contributed by atoms with van der Waals surface area (Å²) in [5.74, 6) is -0.323. The molecule has 2 aromatic carbocycles. The van der Waals surface area contributed by atoms with Gasteiger partial charge in [-0.25, -0.2) is 21.6 Å². The van der Waals surface area contributed by atoms with Crippen LogP contribution in [0.15, 0.2) is 88.8 Å². The zero-order valence-electron chi connectivity index (χ0n) is 18.7. The number of hydrogen-bond acceptors (Lipinski definition) is 6. The summed E-state index contributed by atoms with van der Waals surface area (Å²) in [6.07, 6.45) is 6.20. The second-order valence-corrected chi connectivity index (χ2v) is 11.3. The molecule has 0 spiro atoms. The maximum atomic E-state index is 12.5. The fourth-order valence-corrected chi connectivity index (χ4v) is 4.69. The topological polar surface area (TPSA) is 114 Å². The van der Waals surface area contributed by atoms with Crippen molar-refractivity contribution in [3.63, 3.8) is 0 Å². The second kappa shape index (κ2) is 10.7. The van der Waals surface area contributed by atoms with Crippen molar-refractivity contribution in [3.05, 3.63) is 90.3 Å². The van der Waals surface area contributed by atoms with Gasteiger partial charge in [-0.05, 0) is 60.2 Å². The van der Waals surface area contributed by atoms with E-state index in [1.807, 2.05) is 12.1 Å². The predicted octanol–water partition coefficient (Wildman–Crippen LogP) is 2.68. The lowest BCUT2D eigenvalue weighted by Gasteiger charge is -2.16. The number of sulfone groups is 1. The van der Waals surface area contributed by atoms with Gasteiger partial charge in [-0.15, -0.1) is 0 Å². The molecule has 0 aliphatic heterocycles. The maximum absolute atomic E-state index is 12.5. The Bertz CT molecular complexity index is 1370. The summed E-state index contributed by atoms with van der Waals surface area (Å²) >= 11 is 0. The molecule has 34 heavy (non-hydrogen) atoms. The summed E-state index contributed by atoms with van der Waals surface area (Å²) < 4.78 is 50.7. The average molecular weight is 500 g/mol. The third kappa shape index (κ3) is 6.83. The second-order valence-electron chi connectivity index (χ2n) is 7.53. The first-order valence-electron chi connectivity index (χ1n) is 10.3. The molecule has 0 bridgehead atoms. The third-order valence-corrected chi connectivity index (χ3v) is 7.60. The van der Waals surface area contributed by atoms with Crippen molar-refractivity contribution in [1.29, 1.82) is 0 Å². The molecule has 1 N–H and O–H groups in total. The Kier molecular flexibility index (Phi) is 7.98. The van der Waals surface area contributed by atoms with Crippen molar-refractivity contribution in [2.75, 3.05) is 24.7 Å². The van der Waals surface area contributed by atoms with Crippen LogP contribution in [0.2, 0.25) is 0 Å². The fraction of sp³-hybridized carbons (Fsp3) is 0.167. The van der Waals surface area contributed by atoms with Crippen LogP contribution in [0.4, 0.5) is 5.69 Å². The summed E-state index contributed by atoms with van der Waals surface area (Å²) in [7, 11) is -5.40. The molecule has 0 saturated heterocycles. The fourth-order valence-electron chi connectivity index (χ4n) is 3.02. The minimum absolute atomic E-state index is 0.0969. The molecule has 0 aliphatic carbocycles. The van der Waals surface area contributed by atoms with Gasteiger partial charge in [0.2, 0.25) is 10.0 Å². The molecule has 3 aromatic rings. The van der Waals surface area contributed by atoms with Gasteiger partial charge < -0.3 is 4.90 Å². The third-order valence-electron chi connectivity index (χ3n) is 4.99. The van der Waals surface area contributed by atoms with E-state index in [0.29, 0.717) is 17.7 Å². The van der Waals surface area contributed by atoms with E-state index in [4.69, 9.17) is 0 Å². The van der Waals surface area contributed by atoms with Crippen molar-refractivity contribution in [3.8, 4) is 0 Å². The van der Waals surface area contributed by atoms with Crippen LogP contribution in [0.3, 0.4) is 0 Å². The summed E-state index contributed by atoms with van der Waals surface area (Å²) in [5, 5.41) is 0. The number of nitrogens with zero attached hydrogens (tertiary/aromatic N) is 2. The molecule has 0 atom stereocenters. The monoisotopic (exact) mass is 499 g/mol. The van der Waals surface area contributed by atoms with E-state index in [0.717, 1.165) is 11.9 Å². The van der Waals surface area contributed by atoms with Gasteiger partial charge in [0.1, 0.15) is 0 Å². The van der Waals surface area contributed by atoms with E-state index >= 15 is 0 Å². The molecule has 8 nitrogen and oxygen atoms in total. The largest absolute Gasteiger partial charge is 0.312 e. The van der Waals surface area contributed by atoms with Crippen molar-refractivity contribution >= 4 is 37.5 Å². The lowest BCUT2D eigenvalue weighted by molar-refractivity contribution is -0.113. The van der Waals surface area contributed by atoms with Crippen molar-refractivity contribution in [2.45, 2.75) is 16.2 Å². The number of amides is 1. The Labute approximate surface area is 199 Å². The number of benzene rings is 2. The van der Waals surface area contributed by atoms with E-state index in [1.54, 1.807) is 49.7 Å². The van der Waals surface area contributed by atoms with Gasteiger partial charge >= 0.3 is 0 Å². The SMILES string of the molecule is CN(C(=O)/C=C/c1ccc(S(C)(=O)=O)cc1)c1ccc(S(=O)(=O)NCCc2ccccn2)cc1. The normalized spacial score (nSPS) is 12.1. The van der Waals surface area contributed by atoms with Gasteiger partial charge in [0.15, 0.2) is 9.84 Å². The molecule has 0 fully saturated rings. The zero-order chi connectivity index (χ0) is 24.8. The molecule has 3 rings (SSSR count). The number of pyridine rings is 1. The zero-order valence-corrected chi connectivity index (χ0v) is 20.4. The van der Waals surface area contributed by atoms with Gasteiger partial charge in [-0.3, -0.25) is 9.78 Å². The Morgan fingerprint density at radius 1 is 0.941 bits per heavy atom. The van der Waals surface area contributed by atoms with Gasteiger partial charge in [0, 0.05) is 49.9 Å². The van der Waals surface area contributed by atoms with E-state index in [2.05, 4.69) is 9.71 Å². The number of nitrogens with one attached hydrogen (secondary N) is 1. The van der Waals surface area contributed by atoms with Crippen LogP contribution in [-0.4, -0.2) is 47.6 Å². The summed E-state index contributed by atoms with van der Waals surface area (Å²) in [5.41, 5.74) is 1.99. The molecule has 0 aliphatic rings. The first-order chi connectivity index (χ1) is 16.1. The first-order valence-corrected chi connectivity index (χ1v) is 13.7. The lowest BCUT2D eigenvalue weighted by atomic mass is 10.2. The number of carbonyl (C=O) groups excluding carboxylic acids is 1. The van der Waals surface area contributed by atoms with Crippen LogP contribution in [0.5, 0.6) is 0 Å². The molecule has 0 unspecified atom stereocenters. The van der Waals surface area contributed by atoms with Crippen LogP contribution in [0.25, 0.3) is 6.08 Å². The quantitative estimate of drug-likeness (QED) is 0.453. The van der Waals surface area contributed by atoms with E-state index < -0.39 is 19.9 Å². The highest BCUT2D eigenvalue weighted by Crippen LogP contribution is 2.18. The highest BCUT2D eigenvalue weighted by atomic mass is 32.2. The molecule has 1 heterocycles. The van der Waals surface area contributed by atoms with Crippen molar-refractivity contribution in [2.24, 2.45) is 0 Å². The van der Waals surface area contributed by atoms with Gasteiger partial charge in [-0.2, -0.15) is 0 Å². The maximum Gasteiger partial charge on any atom is 0.250 e. The Hall–Kier alpha value is -3.34. The van der Waals surface area contributed by atoms with Gasteiger partial charge in [0.25, 0.3) is 5.91 Å². The number of rotatable bonds is 9. The number of hydrogen-bond donors (Lipinski definition) is 1. The van der Waals surface area contributed by atoms with Crippen molar-refractivity contribution in [1.82, 2.24) is 9.71 Å². The number of sulfonamides is 1. The minimum Gasteiger partial charge on any atom is -0.312 e. The molecule has 1 amide bonds. The molecule has 0 radical (unpaired) electrons. The number of likely N-dealkylation sites (N-methyl/N-ethyl adjacent to an activating group) is 1. The lowest BCUT2D eigenvalue weighted by Crippen LogP contribution is -2.26. The van der Waals surface area contributed by atoms with E-state index in [-0.39, 0.29) is 22.2 Å². The highest BCUT2D eigenvalue weighted by molar-refractivity contribution is 7.90. The van der Waals surface area contributed by atoms with E-state index in [9.17, 15) is 21.6 Å². The van der Waals surface area contributed by atoms with Gasteiger partial charge in [-0.1, -0.05) is 18.2 Å². The van der Waals surface area contributed by atoms with Crippen LogP contribution in [0.1, 0.15) is 11.3 Å². The average Bonchev–Trinajstić information content (AvgIpc) is 2.82. The molecule has 1 aromatic heterocycles. The van der Waals surface area contributed by atoms with Crippen molar-refractivity contribution < 1.29 is 21.6 Å². The van der Waals surface area contributed by atoms with Crippen LogP contribution in [0, 0.1) is 0 Å². The number of anilines is 1. The highest BCUT2D eigenvalue weighted by Gasteiger charge is 2.15. The Balaban J connectivity index is 1.60. The Morgan fingerprint density at radius 3 is 2.18 bits per heavy atom. The molecular formula is C24H25N3O5S2. The summed E-state index contributed by atoms with van der Waals surface area (Å²) in [6.45, 7) is 0.218. The van der Waals surface area contributed by atoms with Crippen LogP contribution in [-0.2, 0) is 31.1 Å². The summed E-state index contributed by atoms with van der Waals surface area (Å²) in [4.78, 5) is 18.4. The molecule has 0 saturated carbocycles.